The molecule has 130 valence electrons. The lowest BCUT2D eigenvalue weighted by Crippen LogP contribution is -2.31. The van der Waals surface area contributed by atoms with Crippen LogP contribution >= 0.6 is 0 Å². The molecule has 0 saturated carbocycles. The smallest absolute Gasteiger partial charge is 0.261 e. The van der Waals surface area contributed by atoms with Crippen LogP contribution in [0, 0.1) is 0 Å². The topological polar surface area (TPSA) is 91.0 Å². The van der Waals surface area contributed by atoms with Crippen molar-refractivity contribution in [1.82, 2.24) is 20.1 Å². The van der Waals surface area contributed by atoms with Crippen LogP contribution < -0.4 is 5.32 Å². The van der Waals surface area contributed by atoms with Gasteiger partial charge in [0.15, 0.2) is 5.82 Å². The number of anilines is 1. The normalized spacial score (nSPS) is 13.2. The molecule has 7 nitrogen and oxygen atoms in total. The van der Waals surface area contributed by atoms with Crippen LogP contribution in [0.25, 0.3) is 0 Å². The van der Waals surface area contributed by atoms with Crippen LogP contribution in [0.15, 0.2) is 54.6 Å². The van der Waals surface area contributed by atoms with Gasteiger partial charge in [-0.15, -0.1) is 0 Å². The van der Waals surface area contributed by atoms with E-state index in [-0.39, 0.29) is 18.4 Å². The van der Waals surface area contributed by atoms with Gasteiger partial charge in [-0.2, -0.15) is 5.10 Å². The van der Waals surface area contributed by atoms with Crippen LogP contribution in [0.4, 0.5) is 5.69 Å². The van der Waals surface area contributed by atoms with Crippen LogP contribution in [-0.2, 0) is 13.0 Å². The van der Waals surface area contributed by atoms with Gasteiger partial charge in [-0.25, -0.2) is 4.98 Å². The van der Waals surface area contributed by atoms with Crippen molar-refractivity contribution in [1.29, 1.82) is 0 Å². The van der Waals surface area contributed by atoms with E-state index in [0.717, 1.165) is 5.69 Å². The number of nitrogens with one attached hydrogen (secondary N) is 2. The molecule has 0 fully saturated rings. The minimum atomic E-state index is -0.257. The SMILES string of the molecule is O=C1c2ccccc2C(=O)N1CCc1n[nH]c(CNc2ccccc2)n1. The molecule has 0 saturated heterocycles. The molecule has 2 amide bonds. The van der Waals surface area contributed by atoms with Crippen LogP contribution in [0.5, 0.6) is 0 Å². The summed E-state index contributed by atoms with van der Waals surface area (Å²) in [6.45, 7) is 0.778. The van der Waals surface area contributed by atoms with Gasteiger partial charge in [-0.1, -0.05) is 30.3 Å². The number of hydrogen-bond donors (Lipinski definition) is 2. The summed E-state index contributed by atoms with van der Waals surface area (Å²) in [5.74, 6) is 0.761. The molecule has 7 heteroatoms. The number of carbonyl (C=O) groups excluding carboxylic acids is 2. The number of benzene rings is 2. The van der Waals surface area contributed by atoms with E-state index in [1.807, 2.05) is 30.3 Å². The molecule has 1 aromatic heterocycles. The van der Waals surface area contributed by atoms with Crippen molar-refractivity contribution >= 4 is 17.5 Å². The monoisotopic (exact) mass is 347 g/mol. The van der Waals surface area contributed by atoms with Crippen molar-refractivity contribution in [3.8, 4) is 0 Å². The van der Waals surface area contributed by atoms with Crippen LogP contribution in [0.2, 0.25) is 0 Å². The van der Waals surface area contributed by atoms with E-state index in [9.17, 15) is 9.59 Å². The predicted molar refractivity (Wildman–Crippen MR) is 95.7 cm³/mol. The highest BCUT2D eigenvalue weighted by atomic mass is 16.2. The molecule has 0 unspecified atom stereocenters. The van der Waals surface area contributed by atoms with Gasteiger partial charge in [0.05, 0.1) is 17.7 Å². The number of H-pyrrole nitrogens is 1. The highest BCUT2D eigenvalue weighted by molar-refractivity contribution is 6.21. The molecule has 0 atom stereocenters. The van der Waals surface area contributed by atoms with E-state index in [4.69, 9.17) is 0 Å². The lowest BCUT2D eigenvalue weighted by Gasteiger charge is -2.11. The maximum atomic E-state index is 12.3. The van der Waals surface area contributed by atoms with E-state index in [1.165, 1.54) is 4.90 Å². The number of carbonyl (C=O) groups is 2. The fourth-order valence-electron chi connectivity index (χ4n) is 2.92. The first-order valence-corrected chi connectivity index (χ1v) is 8.36. The van der Waals surface area contributed by atoms with Gasteiger partial charge in [0.25, 0.3) is 11.8 Å². The lowest BCUT2D eigenvalue weighted by molar-refractivity contribution is 0.0655. The van der Waals surface area contributed by atoms with E-state index >= 15 is 0 Å². The Balaban J connectivity index is 1.35. The Morgan fingerprint density at radius 1 is 0.923 bits per heavy atom. The molecule has 1 aliphatic heterocycles. The first kappa shape index (κ1) is 16.0. The molecule has 3 aromatic rings. The molecule has 0 bridgehead atoms. The number of aromatic nitrogens is 3. The molecule has 4 rings (SSSR count). The summed E-state index contributed by atoms with van der Waals surface area (Å²) in [5.41, 5.74) is 1.91. The zero-order chi connectivity index (χ0) is 17.9. The maximum Gasteiger partial charge on any atom is 0.261 e. The second kappa shape index (κ2) is 6.79. The van der Waals surface area contributed by atoms with Gasteiger partial charge in [0, 0.05) is 18.7 Å². The van der Waals surface area contributed by atoms with E-state index < -0.39 is 0 Å². The van der Waals surface area contributed by atoms with Gasteiger partial charge in [0.2, 0.25) is 0 Å². The van der Waals surface area contributed by atoms with Gasteiger partial charge in [0.1, 0.15) is 5.82 Å². The second-order valence-electron chi connectivity index (χ2n) is 5.98. The first-order chi connectivity index (χ1) is 12.7. The van der Waals surface area contributed by atoms with Crippen molar-refractivity contribution in [3.63, 3.8) is 0 Å². The van der Waals surface area contributed by atoms with Gasteiger partial charge >= 0.3 is 0 Å². The van der Waals surface area contributed by atoms with Crippen LogP contribution in [0.3, 0.4) is 0 Å². The van der Waals surface area contributed by atoms with E-state index in [0.29, 0.717) is 35.7 Å². The molecular formula is C19H17N5O2. The fraction of sp³-hybridized carbons (Fsp3) is 0.158. The Morgan fingerprint density at radius 2 is 1.58 bits per heavy atom. The molecule has 2 aromatic carbocycles. The van der Waals surface area contributed by atoms with E-state index in [1.54, 1.807) is 24.3 Å². The van der Waals surface area contributed by atoms with Gasteiger partial charge in [-0.3, -0.25) is 19.6 Å². The number of amides is 2. The number of hydrogen-bond acceptors (Lipinski definition) is 5. The fourth-order valence-corrected chi connectivity index (χ4v) is 2.92. The standard InChI is InChI=1S/C19H17N5O2/c25-18-14-8-4-5-9-15(14)19(26)24(18)11-10-16-21-17(23-22-16)12-20-13-6-2-1-3-7-13/h1-9,20H,10-12H2,(H,21,22,23). The Hall–Kier alpha value is -3.48. The van der Waals surface area contributed by atoms with E-state index in [2.05, 4.69) is 20.5 Å². The summed E-state index contributed by atoms with van der Waals surface area (Å²) >= 11 is 0. The summed E-state index contributed by atoms with van der Waals surface area (Å²) < 4.78 is 0. The Bertz CT molecular complexity index is 916. The number of imide groups is 1. The Labute approximate surface area is 150 Å². The zero-order valence-corrected chi connectivity index (χ0v) is 14.0. The molecule has 2 N–H and O–H groups in total. The average Bonchev–Trinajstić information content (AvgIpc) is 3.23. The molecule has 0 spiro atoms. The summed E-state index contributed by atoms with van der Waals surface area (Å²) in [6.07, 6.45) is 0.410. The minimum absolute atomic E-state index is 0.257. The first-order valence-electron chi connectivity index (χ1n) is 8.36. The summed E-state index contributed by atoms with van der Waals surface area (Å²) in [6, 6.07) is 16.7. The van der Waals surface area contributed by atoms with Crippen molar-refractivity contribution in [2.45, 2.75) is 13.0 Å². The third-order valence-corrected chi connectivity index (χ3v) is 4.25. The van der Waals surface area contributed by atoms with Crippen LogP contribution in [-0.4, -0.2) is 38.4 Å². The highest BCUT2D eigenvalue weighted by Gasteiger charge is 2.34. The number of aromatic amines is 1. The predicted octanol–water partition coefficient (Wildman–Crippen LogP) is 2.26. The number of nitrogens with zero attached hydrogens (tertiary/aromatic N) is 3. The third-order valence-electron chi connectivity index (χ3n) is 4.25. The molecule has 0 aliphatic carbocycles. The number of para-hydroxylation sites is 1. The number of fused-ring (bicyclic) bond motifs is 1. The maximum absolute atomic E-state index is 12.3. The Morgan fingerprint density at radius 3 is 2.27 bits per heavy atom. The van der Waals surface area contributed by atoms with Crippen LogP contribution in [0.1, 0.15) is 32.4 Å². The molecule has 2 heterocycles. The Kier molecular flexibility index (Phi) is 4.18. The minimum Gasteiger partial charge on any atom is -0.378 e. The molecule has 26 heavy (non-hydrogen) atoms. The largest absolute Gasteiger partial charge is 0.378 e. The van der Waals surface area contributed by atoms with Crippen molar-refractivity contribution < 1.29 is 9.59 Å². The quantitative estimate of drug-likeness (QED) is 0.668. The third kappa shape index (κ3) is 3.06. The van der Waals surface area contributed by atoms with Crippen molar-refractivity contribution in [2.75, 3.05) is 11.9 Å². The lowest BCUT2D eigenvalue weighted by atomic mass is 10.1. The molecular weight excluding hydrogens is 330 g/mol. The average molecular weight is 347 g/mol. The van der Waals surface area contributed by atoms with Crippen molar-refractivity contribution in [3.05, 3.63) is 77.4 Å². The highest BCUT2D eigenvalue weighted by Crippen LogP contribution is 2.22. The summed E-state index contributed by atoms with van der Waals surface area (Å²) in [4.78, 5) is 30.3. The second-order valence-corrected chi connectivity index (χ2v) is 5.98. The van der Waals surface area contributed by atoms with Gasteiger partial charge in [-0.05, 0) is 24.3 Å². The summed E-state index contributed by atoms with van der Waals surface area (Å²) in [5, 5.41) is 10.3. The molecule has 1 aliphatic rings. The zero-order valence-electron chi connectivity index (χ0n) is 14.0. The number of rotatable bonds is 6. The van der Waals surface area contributed by atoms with Gasteiger partial charge < -0.3 is 5.32 Å². The van der Waals surface area contributed by atoms with Crippen molar-refractivity contribution in [2.24, 2.45) is 0 Å². The molecule has 0 radical (unpaired) electrons. The summed E-state index contributed by atoms with van der Waals surface area (Å²) in [7, 11) is 0.